The van der Waals surface area contributed by atoms with Crippen LogP contribution in [0, 0.1) is 6.92 Å². The number of alkyl halides is 2. The molecule has 1 aromatic rings. The normalized spacial score (nSPS) is 11.8. The molecule has 0 fully saturated rings. The van der Waals surface area contributed by atoms with Gasteiger partial charge in [0.05, 0.1) is 0 Å². The maximum atomic E-state index is 6.13. The summed E-state index contributed by atoms with van der Waals surface area (Å²) in [6, 6.07) is 8.26. The van der Waals surface area contributed by atoms with Gasteiger partial charge < -0.3 is 4.74 Å². The van der Waals surface area contributed by atoms with Gasteiger partial charge >= 0.3 is 0 Å². The van der Waals surface area contributed by atoms with E-state index in [9.17, 15) is 0 Å². The zero-order valence-corrected chi connectivity index (χ0v) is 11.3. The van der Waals surface area contributed by atoms with E-state index in [1.807, 2.05) is 12.1 Å². The molecule has 0 aromatic heterocycles. The molecule has 0 saturated heterocycles. The number of ether oxygens (including phenoxy) is 1. The van der Waals surface area contributed by atoms with E-state index in [1.165, 1.54) is 11.1 Å². The maximum Gasteiger partial charge on any atom is 0.0471 e. The summed E-state index contributed by atoms with van der Waals surface area (Å²) >= 11 is 12.3. The van der Waals surface area contributed by atoms with E-state index in [2.05, 4.69) is 19.1 Å². The Morgan fingerprint density at radius 3 is 2.31 bits per heavy atom. The average molecular weight is 261 g/mol. The Kier molecular flexibility index (Phi) is 5.60. The van der Waals surface area contributed by atoms with Crippen molar-refractivity contribution in [3.05, 3.63) is 35.4 Å². The molecule has 0 unspecified atom stereocenters. The SMILES string of the molecule is COCCC(CCl)(CCl)c1ccccc1C. The third kappa shape index (κ3) is 2.91. The molecule has 0 saturated carbocycles. The number of halogens is 2. The molecule has 0 heterocycles. The maximum absolute atomic E-state index is 6.13. The van der Waals surface area contributed by atoms with Crippen molar-refractivity contribution in [2.24, 2.45) is 0 Å². The van der Waals surface area contributed by atoms with Crippen molar-refractivity contribution < 1.29 is 4.74 Å². The molecule has 0 aliphatic carbocycles. The standard InChI is InChI=1S/C13H18Cl2O/c1-11-5-3-4-6-12(11)13(9-14,10-15)7-8-16-2/h3-6H,7-10H2,1-2H3. The lowest BCUT2D eigenvalue weighted by molar-refractivity contribution is 0.176. The number of hydrogen-bond donors (Lipinski definition) is 0. The highest BCUT2D eigenvalue weighted by molar-refractivity contribution is 6.22. The lowest BCUT2D eigenvalue weighted by Gasteiger charge is -2.31. The second-order valence-electron chi connectivity index (χ2n) is 4.11. The molecule has 90 valence electrons. The number of benzene rings is 1. The van der Waals surface area contributed by atoms with Gasteiger partial charge in [-0.1, -0.05) is 24.3 Å². The van der Waals surface area contributed by atoms with Crippen molar-refractivity contribution in [1.29, 1.82) is 0 Å². The Balaban J connectivity index is 3.05. The summed E-state index contributed by atoms with van der Waals surface area (Å²) < 4.78 is 5.15. The monoisotopic (exact) mass is 260 g/mol. The van der Waals surface area contributed by atoms with Crippen LogP contribution in [0.3, 0.4) is 0 Å². The Bertz CT molecular complexity index is 321. The molecule has 1 nitrogen and oxygen atoms in total. The summed E-state index contributed by atoms with van der Waals surface area (Å²) in [6.45, 7) is 2.77. The van der Waals surface area contributed by atoms with E-state index < -0.39 is 0 Å². The molecule has 0 bridgehead atoms. The van der Waals surface area contributed by atoms with Crippen LogP contribution in [-0.2, 0) is 10.2 Å². The number of rotatable bonds is 6. The van der Waals surface area contributed by atoms with Crippen LogP contribution in [0.25, 0.3) is 0 Å². The Hall–Kier alpha value is -0.240. The van der Waals surface area contributed by atoms with Crippen molar-refractivity contribution in [2.45, 2.75) is 18.8 Å². The Morgan fingerprint density at radius 2 is 1.81 bits per heavy atom. The molecule has 0 radical (unpaired) electrons. The fourth-order valence-electron chi connectivity index (χ4n) is 1.91. The molecule has 3 heteroatoms. The predicted octanol–water partition coefficient (Wildman–Crippen LogP) is 3.75. The number of aryl methyl sites for hydroxylation is 1. The summed E-state index contributed by atoms with van der Waals surface area (Å²) in [5.74, 6) is 1.04. The Labute approximate surface area is 108 Å². The molecule has 0 aliphatic heterocycles. The summed E-state index contributed by atoms with van der Waals surface area (Å²) in [6.07, 6.45) is 0.849. The van der Waals surface area contributed by atoms with E-state index in [-0.39, 0.29) is 5.41 Å². The quantitative estimate of drug-likeness (QED) is 0.709. The summed E-state index contributed by atoms with van der Waals surface area (Å²) in [5, 5.41) is 0. The van der Waals surface area contributed by atoms with Gasteiger partial charge in [-0.25, -0.2) is 0 Å². The third-order valence-corrected chi connectivity index (χ3v) is 4.04. The molecular weight excluding hydrogens is 243 g/mol. The van der Waals surface area contributed by atoms with Gasteiger partial charge in [-0.15, -0.1) is 23.2 Å². The molecule has 1 rings (SSSR count). The van der Waals surface area contributed by atoms with Crippen LogP contribution in [0.5, 0.6) is 0 Å². The Morgan fingerprint density at radius 1 is 1.19 bits per heavy atom. The first kappa shape index (κ1) is 13.8. The van der Waals surface area contributed by atoms with Gasteiger partial charge in [0.15, 0.2) is 0 Å². The first-order valence-electron chi connectivity index (χ1n) is 5.37. The van der Waals surface area contributed by atoms with E-state index in [0.717, 1.165) is 6.42 Å². The van der Waals surface area contributed by atoms with E-state index in [1.54, 1.807) is 7.11 Å². The molecular formula is C13H18Cl2O. The van der Waals surface area contributed by atoms with Gasteiger partial charge in [-0.2, -0.15) is 0 Å². The van der Waals surface area contributed by atoms with Crippen molar-refractivity contribution in [2.75, 3.05) is 25.5 Å². The number of methoxy groups -OCH3 is 1. The van der Waals surface area contributed by atoms with Crippen LogP contribution in [0.2, 0.25) is 0 Å². The topological polar surface area (TPSA) is 9.23 Å². The molecule has 16 heavy (non-hydrogen) atoms. The zero-order chi connectivity index (χ0) is 12.0. The lowest BCUT2D eigenvalue weighted by Crippen LogP contribution is -2.33. The molecule has 1 aromatic carbocycles. The van der Waals surface area contributed by atoms with Crippen LogP contribution in [0.4, 0.5) is 0 Å². The predicted molar refractivity (Wildman–Crippen MR) is 70.8 cm³/mol. The molecule has 0 N–H and O–H groups in total. The average Bonchev–Trinajstić information content (AvgIpc) is 2.33. The van der Waals surface area contributed by atoms with Crippen molar-refractivity contribution in [3.8, 4) is 0 Å². The number of hydrogen-bond acceptors (Lipinski definition) is 1. The third-order valence-electron chi connectivity index (χ3n) is 3.01. The van der Waals surface area contributed by atoms with Crippen molar-refractivity contribution >= 4 is 23.2 Å². The lowest BCUT2D eigenvalue weighted by atomic mass is 9.79. The van der Waals surface area contributed by atoms with Gasteiger partial charge in [0.1, 0.15) is 0 Å². The highest BCUT2D eigenvalue weighted by Gasteiger charge is 2.31. The fourth-order valence-corrected chi connectivity index (χ4v) is 2.75. The largest absolute Gasteiger partial charge is 0.385 e. The summed E-state index contributed by atoms with van der Waals surface area (Å²) in [4.78, 5) is 0. The van der Waals surface area contributed by atoms with Crippen LogP contribution in [0.1, 0.15) is 17.5 Å². The summed E-state index contributed by atoms with van der Waals surface area (Å²) in [5.41, 5.74) is 2.29. The molecule has 0 amide bonds. The second-order valence-corrected chi connectivity index (χ2v) is 4.64. The van der Waals surface area contributed by atoms with Gasteiger partial charge in [-0.05, 0) is 24.5 Å². The fraction of sp³-hybridized carbons (Fsp3) is 0.538. The minimum Gasteiger partial charge on any atom is -0.385 e. The minimum absolute atomic E-state index is 0.176. The highest BCUT2D eigenvalue weighted by Crippen LogP contribution is 2.33. The van der Waals surface area contributed by atoms with Gasteiger partial charge in [0.2, 0.25) is 0 Å². The van der Waals surface area contributed by atoms with Gasteiger partial charge in [0.25, 0.3) is 0 Å². The minimum atomic E-state index is -0.176. The summed E-state index contributed by atoms with van der Waals surface area (Å²) in [7, 11) is 1.70. The van der Waals surface area contributed by atoms with E-state index in [0.29, 0.717) is 18.4 Å². The van der Waals surface area contributed by atoms with E-state index in [4.69, 9.17) is 27.9 Å². The van der Waals surface area contributed by atoms with Crippen LogP contribution in [0.15, 0.2) is 24.3 Å². The second kappa shape index (κ2) is 6.48. The molecule has 0 spiro atoms. The molecule has 0 atom stereocenters. The van der Waals surface area contributed by atoms with Gasteiger partial charge in [0, 0.05) is 30.9 Å². The zero-order valence-electron chi connectivity index (χ0n) is 9.80. The first-order valence-corrected chi connectivity index (χ1v) is 6.44. The first-order chi connectivity index (χ1) is 7.70. The van der Waals surface area contributed by atoms with Crippen LogP contribution < -0.4 is 0 Å². The molecule has 0 aliphatic rings. The highest BCUT2D eigenvalue weighted by atomic mass is 35.5. The smallest absolute Gasteiger partial charge is 0.0471 e. The van der Waals surface area contributed by atoms with Crippen molar-refractivity contribution in [3.63, 3.8) is 0 Å². The van der Waals surface area contributed by atoms with E-state index >= 15 is 0 Å². The van der Waals surface area contributed by atoms with Gasteiger partial charge in [-0.3, -0.25) is 0 Å². The van der Waals surface area contributed by atoms with Crippen LogP contribution >= 0.6 is 23.2 Å². The van der Waals surface area contributed by atoms with Crippen LogP contribution in [-0.4, -0.2) is 25.5 Å². The van der Waals surface area contributed by atoms with Crippen molar-refractivity contribution in [1.82, 2.24) is 0 Å².